The van der Waals surface area contributed by atoms with Crippen molar-refractivity contribution in [3.05, 3.63) is 47.5 Å². The van der Waals surface area contributed by atoms with Gasteiger partial charge in [-0.1, -0.05) is 18.7 Å². The minimum Gasteiger partial charge on any atom is -0.384 e. The summed E-state index contributed by atoms with van der Waals surface area (Å²) in [5.74, 6) is -0.405. The number of alkyl halides is 3. The van der Waals surface area contributed by atoms with Gasteiger partial charge in [0.25, 0.3) is 0 Å². The van der Waals surface area contributed by atoms with Crippen molar-refractivity contribution >= 4 is 5.78 Å². The van der Waals surface area contributed by atoms with Gasteiger partial charge in [0.2, 0.25) is 0 Å². The molecule has 17 heavy (non-hydrogen) atoms. The van der Waals surface area contributed by atoms with Crippen molar-refractivity contribution < 1.29 is 23.1 Å². The van der Waals surface area contributed by atoms with Gasteiger partial charge in [0.05, 0.1) is 5.56 Å². The molecule has 92 valence electrons. The summed E-state index contributed by atoms with van der Waals surface area (Å²) in [5, 5.41) is 9.65. The number of Topliss-reactive ketones (excluding diaryl/α,β-unsaturated/α-hetero) is 1. The Balaban J connectivity index is 2.96. The van der Waals surface area contributed by atoms with Crippen molar-refractivity contribution in [3.8, 4) is 0 Å². The Kier molecular flexibility index (Phi) is 3.72. The number of benzene rings is 1. The van der Waals surface area contributed by atoms with Gasteiger partial charge in [-0.3, -0.25) is 4.79 Å². The lowest BCUT2D eigenvalue weighted by Crippen LogP contribution is -2.09. The summed E-state index contributed by atoms with van der Waals surface area (Å²) in [6.07, 6.45) is -5.68. The van der Waals surface area contributed by atoms with E-state index in [1.165, 1.54) is 6.92 Å². The molecule has 2 nitrogen and oxygen atoms in total. The quantitative estimate of drug-likeness (QED) is 0.830. The molecule has 0 aromatic heterocycles. The van der Waals surface area contributed by atoms with Gasteiger partial charge >= 0.3 is 6.18 Å². The molecule has 0 aliphatic carbocycles. The summed E-state index contributed by atoms with van der Waals surface area (Å²) < 4.78 is 36.8. The van der Waals surface area contributed by atoms with Gasteiger partial charge in [0.1, 0.15) is 6.10 Å². The highest BCUT2D eigenvalue weighted by atomic mass is 19.4. The van der Waals surface area contributed by atoms with E-state index in [9.17, 15) is 23.1 Å². The van der Waals surface area contributed by atoms with E-state index < -0.39 is 23.6 Å². The van der Waals surface area contributed by atoms with Crippen molar-refractivity contribution in [2.45, 2.75) is 19.2 Å². The van der Waals surface area contributed by atoms with Gasteiger partial charge in [0, 0.05) is 5.57 Å². The molecule has 0 saturated carbocycles. The Morgan fingerprint density at radius 2 is 1.76 bits per heavy atom. The highest BCUT2D eigenvalue weighted by Crippen LogP contribution is 2.30. The second-order valence-electron chi connectivity index (χ2n) is 3.60. The van der Waals surface area contributed by atoms with E-state index in [-0.39, 0.29) is 11.1 Å². The Labute approximate surface area is 96.4 Å². The molecule has 1 rings (SSSR count). The maximum absolute atomic E-state index is 12.3. The first-order valence-electron chi connectivity index (χ1n) is 4.78. The summed E-state index contributed by atoms with van der Waals surface area (Å²) in [4.78, 5) is 10.9. The lowest BCUT2D eigenvalue weighted by atomic mass is 9.99. The predicted octanol–water partition coefficient (Wildman–Crippen LogP) is 2.88. The molecule has 0 heterocycles. The third-order valence-corrected chi connectivity index (χ3v) is 2.34. The third kappa shape index (κ3) is 3.17. The van der Waals surface area contributed by atoms with Crippen molar-refractivity contribution in [1.82, 2.24) is 0 Å². The second kappa shape index (κ2) is 4.71. The number of hydrogen-bond donors (Lipinski definition) is 1. The molecule has 0 unspecified atom stereocenters. The van der Waals surface area contributed by atoms with Crippen LogP contribution in [0, 0.1) is 0 Å². The fraction of sp³-hybridized carbons (Fsp3) is 0.250. The van der Waals surface area contributed by atoms with Crippen LogP contribution in [0.4, 0.5) is 13.2 Å². The number of halogens is 3. The molecule has 0 radical (unpaired) electrons. The van der Waals surface area contributed by atoms with Crippen LogP contribution in [0.15, 0.2) is 36.4 Å². The average Bonchev–Trinajstić information content (AvgIpc) is 2.26. The zero-order chi connectivity index (χ0) is 13.2. The van der Waals surface area contributed by atoms with Crippen LogP contribution in [0.5, 0.6) is 0 Å². The molecule has 1 N–H and O–H groups in total. The van der Waals surface area contributed by atoms with Crippen LogP contribution in [0.2, 0.25) is 0 Å². The smallest absolute Gasteiger partial charge is 0.384 e. The van der Waals surface area contributed by atoms with E-state index >= 15 is 0 Å². The summed E-state index contributed by atoms with van der Waals surface area (Å²) >= 11 is 0. The largest absolute Gasteiger partial charge is 0.416 e. The van der Waals surface area contributed by atoms with Gasteiger partial charge in [-0.2, -0.15) is 13.2 Å². The number of hydrogen-bond acceptors (Lipinski definition) is 2. The highest BCUT2D eigenvalue weighted by Gasteiger charge is 2.30. The lowest BCUT2D eigenvalue weighted by molar-refractivity contribution is -0.137. The van der Waals surface area contributed by atoms with Gasteiger partial charge < -0.3 is 5.11 Å². The summed E-state index contributed by atoms with van der Waals surface area (Å²) in [7, 11) is 0. The fourth-order valence-electron chi connectivity index (χ4n) is 1.25. The third-order valence-electron chi connectivity index (χ3n) is 2.34. The average molecular weight is 244 g/mol. The molecule has 0 bridgehead atoms. The number of ketones is 1. The molecule has 1 atom stereocenters. The molecular weight excluding hydrogens is 233 g/mol. The van der Waals surface area contributed by atoms with Crippen LogP contribution in [-0.4, -0.2) is 10.9 Å². The van der Waals surface area contributed by atoms with E-state index in [1.54, 1.807) is 0 Å². The predicted molar refractivity (Wildman–Crippen MR) is 56.2 cm³/mol. The van der Waals surface area contributed by atoms with Crippen molar-refractivity contribution in [3.63, 3.8) is 0 Å². The number of aliphatic hydroxyl groups excluding tert-OH is 1. The topological polar surface area (TPSA) is 37.3 Å². The maximum Gasteiger partial charge on any atom is 0.416 e. The Hall–Kier alpha value is -1.62. The first kappa shape index (κ1) is 13.4. The molecule has 0 aliphatic rings. The minimum absolute atomic E-state index is 0.0511. The fourth-order valence-corrected chi connectivity index (χ4v) is 1.25. The molecular formula is C12H11F3O2. The molecule has 0 aliphatic heterocycles. The van der Waals surface area contributed by atoms with Crippen molar-refractivity contribution in [2.75, 3.05) is 0 Å². The van der Waals surface area contributed by atoms with Gasteiger partial charge in [-0.15, -0.1) is 0 Å². The van der Waals surface area contributed by atoms with Gasteiger partial charge in [-0.05, 0) is 24.6 Å². The molecule has 1 aromatic carbocycles. The zero-order valence-corrected chi connectivity index (χ0v) is 9.08. The first-order chi connectivity index (χ1) is 7.73. The molecule has 0 spiro atoms. The standard InChI is InChI=1S/C12H11F3O2/c1-7(8(2)16)11(17)9-3-5-10(6-4-9)12(13,14)15/h3-6,11,17H,1H2,2H3/t11-/m0/s1. The maximum atomic E-state index is 12.3. The van der Waals surface area contributed by atoms with Crippen LogP contribution in [-0.2, 0) is 11.0 Å². The molecule has 5 heteroatoms. The normalized spacial score (nSPS) is 13.2. The second-order valence-corrected chi connectivity index (χ2v) is 3.60. The summed E-state index contributed by atoms with van der Waals surface area (Å²) in [6, 6.07) is 3.96. The highest BCUT2D eigenvalue weighted by molar-refractivity contribution is 5.93. The van der Waals surface area contributed by atoms with E-state index in [1.807, 2.05) is 0 Å². The number of aliphatic hydroxyl groups is 1. The van der Waals surface area contributed by atoms with Gasteiger partial charge in [-0.25, -0.2) is 0 Å². The number of carbonyl (C=O) groups is 1. The van der Waals surface area contributed by atoms with Crippen LogP contribution in [0.25, 0.3) is 0 Å². The monoisotopic (exact) mass is 244 g/mol. The molecule has 0 amide bonds. The van der Waals surface area contributed by atoms with Crippen LogP contribution >= 0.6 is 0 Å². The number of carbonyl (C=O) groups excluding carboxylic acids is 1. The van der Waals surface area contributed by atoms with Crippen LogP contribution in [0.1, 0.15) is 24.2 Å². The van der Waals surface area contributed by atoms with Gasteiger partial charge in [0.15, 0.2) is 5.78 Å². The SMILES string of the molecule is C=C(C(C)=O)[C@H](O)c1ccc(C(F)(F)F)cc1. The zero-order valence-electron chi connectivity index (χ0n) is 9.08. The van der Waals surface area contributed by atoms with Crippen LogP contribution in [0.3, 0.4) is 0 Å². The van der Waals surface area contributed by atoms with E-state index in [0.29, 0.717) is 0 Å². The summed E-state index contributed by atoms with van der Waals surface area (Å²) in [5.41, 5.74) is -0.648. The Morgan fingerprint density at radius 1 is 1.29 bits per heavy atom. The molecule has 1 aromatic rings. The van der Waals surface area contributed by atoms with E-state index in [4.69, 9.17) is 0 Å². The van der Waals surface area contributed by atoms with E-state index in [0.717, 1.165) is 24.3 Å². The van der Waals surface area contributed by atoms with Crippen LogP contribution < -0.4 is 0 Å². The Bertz CT molecular complexity index is 432. The first-order valence-corrected chi connectivity index (χ1v) is 4.78. The minimum atomic E-state index is -4.42. The molecule has 0 fully saturated rings. The summed E-state index contributed by atoms with van der Waals surface area (Å²) in [6.45, 7) is 4.61. The Morgan fingerprint density at radius 3 is 2.12 bits per heavy atom. The molecule has 0 saturated heterocycles. The lowest BCUT2D eigenvalue weighted by Gasteiger charge is -2.13. The van der Waals surface area contributed by atoms with Crippen molar-refractivity contribution in [2.24, 2.45) is 0 Å². The van der Waals surface area contributed by atoms with E-state index in [2.05, 4.69) is 6.58 Å². The van der Waals surface area contributed by atoms with Crippen molar-refractivity contribution in [1.29, 1.82) is 0 Å². The number of rotatable bonds is 3.